The molecule has 1 rings (SSSR count). The fourth-order valence-corrected chi connectivity index (χ4v) is 3.26. The minimum Gasteiger partial charge on any atom is -0.330 e. The quantitative estimate of drug-likeness (QED) is 0.769. The lowest BCUT2D eigenvalue weighted by atomic mass is 10.2. The summed E-state index contributed by atoms with van der Waals surface area (Å²) in [5.41, 5.74) is 6.65. The SMILES string of the molecule is CCC(CCN)Sc1nc(C)cs1. The molecule has 0 spiro atoms. The molecule has 74 valence electrons. The van der Waals surface area contributed by atoms with Crippen LogP contribution in [0.3, 0.4) is 0 Å². The summed E-state index contributed by atoms with van der Waals surface area (Å²) in [6.45, 7) is 5.01. The number of aryl methyl sites for hydroxylation is 1. The highest BCUT2D eigenvalue weighted by Gasteiger charge is 2.09. The van der Waals surface area contributed by atoms with Crippen LogP contribution in [0.15, 0.2) is 9.72 Å². The van der Waals surface area contributed by atoms with Gasteiger partial charge in [0.25, 0.3) is 0 Å². The smallest absolute Gasteiger partial charge is 0.150 e. The van der Waals surface area contributed by atoms with E-state index in [0.717, 1.165) is 18.7 Å². The van der Waals surface area contributed by atoms with Crippen molar-refractivity contribution in [3.8, 4) is 0 Å². The Labute approximate surface area is 87.9 Å². The van der Waals surface area contributed by atoms with Crippen molar-refractivity contribution in [2.75, 3.05) is 6.54 Å². The number of thiazole rings is 1. The lowest BCUT2D eigenvalue weighted by Gasteiger charge is -2.10. The second-order valence-corrected chi connectivity index (χ2v) is 5.39. The number of hydrogen-bond acceptors (Lipinski definition) is 4. The minimum absolute atomic E-state index is 0.635. The van der Waals surface area contributed by atoms with Crippen LogP contribution in [0.2, 0.25) is 0 Å². The van der Waals surface area contributed by atoms with E-state index in [1.807, 2.05) is 18.7 Å². The Balaban J connectivity index is 2.46. The van der Waals surface area contributed by atoms with Gasteiger partial charge < -0.3 is 5.73 Å². The normalized spacial score (nSPS) is 13.2. The highest BCUT2D eigenvalue weighted by Crippen LogP contribution is 2.29. The zero-order chi connectivity index (χ0) is 9.68. The van der Waals surface area contributed by atoms with Gasteiger partial charge in [0.05, 0.1) is 0 Å². The third-order valence-corrected chi connectivity index (χ3v) is 4.33. The van der Waals surface area contributed by atoms with Crippen LogP contribution in [0.5, 0.6) is 0 Å². The molecule has 0 saturated heterocycles. The number of thioether (sulfide) groups is 1. The van der Waals surface area contributed by atoms with Crippen molar-refractivity contribution in [1.82, 2.24) is 4.98 Å². The van der Waals surface area contributed by atoms with Crippen LogP contribution in [0.1, 0.15) is 25.5 Å². The number of hydrogen-bond donors (Lipinski definition) is 1. The molecule has 0 amide bonds. The predicted octanol–water partition coefficient (Wildman–Crippen LogP) is 2.67. The first-order valence-corrected chi connectivity index (χ1v) is 6.31. The van der Waals surface area contributed by atoms with Gasteiger partial charge in [-0.05, 0) is 26.3 Å². The first-order chi connectivity index (χ1) is 6.26. The van der Waals surface area contributed by atoms with Crippen molar-refractivity contribution in [2.24, 2.45) is 5.73 Å². The maximum Gasteiger partial charge on any atom is 0.150 e. The van der Waals surface area contributed by atoms with Gasteiger partial charge in [-0.3, -0.25) is 0 Å². The van der Waals surface area contributed by atoms with Crippen LogP contribution < -0.4 is 5.73 Å². The second-order valence-electron chi connectivity index (χ2n) is 2.98. The van der Waals surface area contributed by atoms with Crippen LogP contribution in [0, 0.1) is 6.92 Å². The first-order valence-electron chi connectivity index (χ1n) is 4.55. The molecule has 13 heavy (non-hydrogen) atoms. The third kappa shape index (κ3) is 3.67. The Morgan fingerprint density at radius 3 is 2.92 bits per heavy atom. The van der Waals surface area contributed by atoms with Crippen molar-refractivity contribution >= 4 is 23.1 Å². The maximum atomic E-state index is 5.53. The van der Waals surface area contributed by atoms with Crippen molar-refractivity contribution < 1.29 is 0 Å². The summed E-state index contributed by atoms with van der Waals surface area (Å²) < 4.78 is 1.18. The molecule has 0 fully saturated rings. The molecule has 1 heterocycles. The molecule has 0 aromatic carbocycles. The topological polar surface area (TPSA) is 38.9 Å². The Bertz CT molecular complexity index is 248. The van der Waals surface area contributed by atoms with Crippen LogP contribution in [-0.2, 0) is 0 Å². The molecule has 2 nitrogen and oxygen atoms in total. The number of aromatic nitrogens is 1. The van der Waals surface area contributed by atoms with E-state index in [0.29, 0.717) is 5.25 Å². The van der Waals surface area contributed by atoms with E-state index in [9.17, 15) is 0 Å². The first kappa shape index (κ1) is 11.0. The number of rotatable bonds is 5. The van der Waals surface area contributed by atoms with E-state index >= 15 is 0 Å². The van der Waals surface area contributed by atoms with Gasteiger partial charge in [-0.15, -0.1) is 11.3 Å². The van der Waals surface area contributed by atoms with E-state index in [1.165, 1.54) is 10.8 Å². The summed E-state index contributed by atoms with van der Waals surface area (Å²) in [6.07, 6.45) is 2.25. The second kappa shape index (κ2) is 5.62. The van der Waals surface area contributed by atoms with E-state index in [1.54, 1.807) is 11.3 Å². The highest BCUT2D eigenvalue weighted by molar-refractivity contribution is 8.01. The standard InChI is InChI=1S/C9H16N2S2/c1-3-8(4-5-10)13-9-11-7(2)6-12-9/h6,8H,3-5,10H2,1-2H3. The van der Waals surface area contributed by atoms with Crippen molar-refractivity contribution in [3.05, 3.63) is 11.1 Å². The Morgan fingerprint density at radius 1 is 1.69 bits per heavy atom. The summed E-state index contributed by atoms with van der Waals surface area (Å²) in [5, 5.41) is 2.73. The van der Waals surface area contributed by atoms with Crippen LogP contribution >= 0.6 is 23.1 Å². The molecular weight excluding hydrogens is 200 g/mol. The lowest BCUT2D eigenvalue weighted by Crippen LogP contribution is -2.09. The molecule has 0 bridgehead atoms. The summed E-state index contributed by atoms with van der Waals surface area (Å²) in [5.74, 6) is 0. The average Bonchev–Trinajstić information content (AvgIpc) is 2.50. The Kier molecular flexibility index (Phi) is 4.77. The fraction of sp³-hybridized carbons (Fsp3) is 0.667. The maximum absolute atomic E-state index is 5.53. The van der Waals surface area contributed by atoms with Crippen molar-refractivity contribution in [2.45, 2.75) is 36.3 Å². The van der Waals surface area contributed by atoms with Gasteiger partial charge in [0, 0.05) is 16.3 Å². The lowest BCUT2D eigenvalue weighted by molar-refractivity contribution is 0.745. The molecule has 0 aliphatic carbocycles. The molecule has 0 aliphatic heterocycles. The molecule has 4 heteroatoms. The van der Waals surface area contributed by atoms with Crippen molar-refractivity contribution in [3.63, 3.8) is 0 Å². The molecule has 0 aliphatic rings. The van der Waals surface area contributed by atoms with E-state index in [2.05, 4.69) is 17.3 Å². The largest absolute Gasteiger partial charge is 0.330 e. The minimum atomic E-state index is 0.635. The molecule has 2 N–H and O–H groups in total. The zero-order valence-electron chi connectivity index (χ0n) is 8.12. The summed E-state index contributed by atoms with van der Waals surface area (Å²) in [7, 11) is 0. The number of nitrogens with zero attached hydrogens (tertiary/aromatic N) is 1. The monoisotopic (exact) mass is 216 g/mol. The van der Waals surface area contributed by atoms with Gasteiger partial charge in [0.1, 0.15) is 4.34 Å². The summed E-state index contributed by atoms with van der Waals surface area (Å²) in [4.78, 5) is 4.42. The molecular formula is C9H16N2S2. The van der Waals surface area contributed by atoms with Gasteiger partial charge in [-0.1, -0.05) is 18.7 Å². The molecule has 1 aromatic rings. The van der Waals surface area contributed by atoms with E-state index < -0.39 is 0 Å². The molecule has 0 saturated carbocycles. The van der Waals surface area contributed by atoms with Gasteiger partial charge in [0.15, 0.2) is 0 Å². The highest BCUT2D eigenvalue weighted by atomic mass is 32.2. The summed E-state index contributed by atoms with van der Waals surface area (Å²) in [6, 6.07) is 0. The number of nitrogens with two attached hydrogens (primary N) is 1. The summed E-state index contributed by atoms with van der Waals surface area (Å²) >= 11 is 3.59. The van der Waals surface area contributed by atoms with Crippen LogP contribution in [0.4, 0.5) is 0 Å². The Morgan fingerprint density at radius 2 is 2.46 bits per heavy atom. The predicted molar refractivity (Wildman–Crippen MR) is 60.5 cm³/mol. The van der Waals surface area contributed by atoms with Gasteiger partial charge in [-0.2, -0.15) is 0 Å². The van der Waals surface area contributed by atoms with Gasteiger partial charge in [0.2, 0.25) is 0 Å². The van der Waals surface area contributed by atoms with Crippen LogP contribution in [0.25, 0.3) is 0 Å². The van der Waals surface area contributed by atoms with Crippen LogP contribution in [-0.4, -0.2) is 16.8 Å². The molecule has 0 radical (unpaired) electrons. The third-order valence-electron chi connectivity index (χ3n) is 1.81. The zero-order valence-corrected chi connectivity index (χ0v) is 9.75. The van der Waals surface area contributed by atoms with E-state index in [-0.39, 0.29) is 0 Å². The van der Waals surface area contributed by atoms with Crippen molar-refractivity contribution in [1.29, 1.82) is 0 Å². The molecule has 1 aromatic heterocycles. The average molecular weight is 216 g/mol. The fourth-order valence-electron chi connectivity index (χ4n) is 1.06. The van der Waals surface area contributed by atoms with Gasteiger partial charge in [-0.25, -0.2) is 4.98 Å². The molecule has 1 unspecified atom stereocenters. The Hall–Kier alpha value is -0.0600. The van der Waals surface area contributed by atoms with E-state index in [4.69, 9.17) is 5.73 Å². The molecule has 1 atom stereocenters. The van der Waals surface area contributed by atoms with Gasteiger partial charge >= 0.3 is 0 Å².